The van der Waals surface area contributed by atoms with E-state index >= 15 is 0 Å². The van der Waals surface area contributed by atoms with E-state index in [0.717, 1.165) is 16.9 Å². The summed E-state index contributed by atoms with van der Waals surface area (Å²) in [5.41, 5.74) is 3.69. The summed E-state index contributed by atoms with van der Waals surface area (Å²) in [7, 11) is 0. The van der Waals surface area contributed by atoms with Crippen molar-refractivity contribution in [2.24, 2.45) is 0 Å². The van der Waals surface area contributed by atoms with Gasteiger partial charge in [0.2, 0.25) is 0 Å². The second-order valence-electron chi connectivity index (χ2n) is 9.18. The first kappa shape index (κ1) is 24.5. The largest absolute Gasteiger partial charge is 0.484 e. The number of aromatic nitrogens is 2. The van der Waals surface area contributed by atoms with Crippen LogP contribution in [-0.4, -0.2) is 27.2 Å². The lowest BCUT2D eigenvalue weighted by Crippen LogP contribution is -2.29. The van der Waals surface area contributed by atoms with Crippen molar-refractivity contribution in [2.45, 2.75) is 32.0 Å². The Balaban J connectivity index is 1.36. The number of para-hydroxylation sites is 1. The van der Waals surface area contributed by atoms with Crippen molar-refractivity contribution in [3.63, 3.8) is 0 Å². The summed E-state index contributed by atoms with van der Waals surface area (Å²) < 4.78 is 7.74. The van der Waals surface area contributed by atoms with Gasteiger partial charge in [0.25, 0.3) is 5.91 Å². The Bertz CT molecular complexity index is 1360. The van der Waals surface area contributed by atoms with E-state index in [1.54, 1.807) is 6.20 Å². The molecule has 2 atom stereocenters. The van der Waals surface area contributed by atoms with Gasteiger partial charge in [-0.2, -0.15) is 0 Å². The van der Waals surface area contributed by atoms with Crippen molar-refractivity contribution in [1.82, 2.24) is 14.9 Å². The number of nitrogens with zero attached hydrogens (tertiary/aromatic N) is 3. The summed E-state index contributed by atoms with van der Waals surface area (Å²) >= 11 is 5.81. The van der Waals surface area contributed by atoms with Gasteiger partial charge in [0.15, 0.2) is 11.7 Å². The molecule has 0 saturated carbocycles. The standard InChI is InChI=1S/C29H29N5O2S/c1-20(2)33-17-15-21(18-33)28-27(25-10-6-7-16-30-25)32-29(37)34(28)23-13-11-22(12-14-23)31-26(35)19-36-24-8-4-3-5-9-24/h3-18,20,27-28H,19H2,1-2H3,(H,31,35)(H,32,37)/t27-,28-/m0/s1. The Labute approximate surface area is 222 Å². The Kier molecular flexibility index (Phi) is 7.18. The first-order valence-corrected chi connectivity index (χ1v) is 12.7. The van der Waals surface area contributed by atoms with E-state index in [1.165, 1.54) is 0 Å². The molecule has 2 aromatic heterocycles. The lowest BCUT2D eigenvalue weighted by Gasteiger charge is -2.27. The van der Waals surface area contributed by atoms with Crippen LogP contribution in [0.4, 0.5) is 11.4 Å². The molecule has 7 nitrogen and oxygen atoms in total. The van der Waals surface area contributed by atoms with Gasteiger partial charge in [-0.1, -0.05) is 24.3 Å². The molecule has 2 N–H and O–H groups in total. The highest BCUT2D eigenvalue weighted by molar-refractivity contribution is 7.80. The van der Waals surface area contributed by atoms with Crippen LogP contribution in [0.1, 0.15) is 43.2 Å². The van der Waals surface area contributed by atoms with Gasteiger partial charge in [0.1, 0.15) is 5.75 Å². The zero-order valence-corrected chi connectivity index (χ0v) is 21.6. The number of anilines is 2. The fourth-order valence-corrected chi connectivity index (χ4v) is 4.81. The van der Waals surface area contributed by atoms with Crippen LogP contribution in [0.5, 0.6) is 5.75 Å². The normalized spacial score (nSPS) is 17.1. The number of hydrogen-bond donors (Lipinski definition) is 2. The van der Waals surface area contributed by atoms with Gasteiger partial charge in [-0.25, -0.2) is 0 Å². The van der Waals surface area contributed by atoms with Crippen LogP contribution in [0.2, 0.25) is 0 Å². The number of carbonyl (C=O) groups is 1. The zero-order chi connectivity index (χ0) is 25.8. The topological polar surface area (TPSA) is 71.4 Å². The summed E-state index contributed by atoms with van der Waals surface area (Å²) in [5.74, 6) is 0.431. The number of nitrogens with one attached hydrogen (secondary N) is 2. The highest BCUT2D eigenvalue weighted by atomic mass is 32.1. The van der Waals surface area contributed by atoms with Gasteiger partial charge < -0.3 is 24.8 Å². The first-order chi connectivity index (χ1) is 18.0. The highest BCUT2D eigenvalue weighted by Gasteiger charge is 2.41. The molecule has 0 unspecified atom stereocenters. The summed E-state index contributed by atoms with van der Waals surface area (Å²) in [6, 6.07) is 25.2. The van der Waals surface area contributed by atoms with E-state index in [0.29, 0.717) is 22.6 Å². The van der Waals surface area contributed by atoms with Crippen LogP contribution < -0.4 is 20.3 Å². The van der Waals surface area contributed by atoms with Crippen molar-refractivity contribution in [2.75, 3.05) is 16.8 Å². The average molecular weight is 512 g/mol. The summed E-state index contributed by atoms with van der Waals surface area (Å²) in [4.78, 5) is 19.1. The minimum absolute atomic E-state index is 0.0629. The number of thiocarbonyl (C=S) groups is 1. The Morgan fingerprint density at radius 3 is 2.49 bits per heavy atom. The van der Waals surface area contributed by atoms with Crippen molar-refractivity contribution in [3.8, 4) is 5.75 Å². The van der Waals surface area contributed by atoms with Crippen molar-refractivity contribution in [1.29, 1.82) is 0 Å². The van der Waals surface area contributed by atoms with Crippen LogP contribution in [0.25, 0.3) is 0 Å². The Morgan fingerprint density at radius 2 is 1.81 bits per heavy atom. The van der Waals surface area contributed by atoms with Gasteiger partial charge in [0, 0.05) is 36.0 Å². The molecule has 1 aliphatic rings. The molecule has 2 aromatic carbocycles. The Hall–Kier alpha value is -4.17. The Morgan fingerprint density at radius 1 is 1.05 bits per heavy atom. The van der Waals surface area contributed by atoms with Gasteiger partial charge in [0.05, 0.1) is 17.8 Å². The van der Waals surface area contributed by atoms with E-state index in [-0.39, 0.29) is 24.6 Å². The molecule has 0 bridgehead atoms. The minimum Gasteiger partial charge on any atom is -0.484 e. The number of rotatable bonds is 8. The van der Waals surface area contributed by atoms with Crippen LogP contribution in [-0.2, 0) is 4.79 Å². The maximum absolute atomic E-state index is 12.4. The third kappa shape index (κ3) is 5.49. The molecule has 1 aliphatic heterocycles. The van der Waals surface area contributed by atoms with Gasteiger partial charge in [-0.3, -0.25) is 9.78 Å². The molecule has 3 heterocycles. The number of hydrogen-bond acceptors (Lipinski definition) is 4. The van der Waals surface area contributed by atoms with Crippen molar-refractivity contribution < 1.29 is 9.53 Å². The number of benzene rings is 2. The SMILES string of the molecule is CC(C)n1ccc([C@H]2[C@H](c3ccccn3)NC(=S)N2c2ccc(NC(=O)COc3ccccc3)cc2)c1. The first-order valence-electron chi connectivity index (χ1n) is 12.3. The lowest BCUT2D eigenvalue weighted by atomic mass is 9.98. The number of pyridine rings is 1. The molecule has 0 radical (unpaired) electrons. The fraction of sp³-hybridized carbons (Fsp3) is 0.207. The quantitative estimate of drug-likeness (QED) is 0.298. The van der Waals surface area contributed by atoms with Crippen LogP contribution >= 0.6 is 12.2 Å². The number of carbonyl (C=O) groups excluding carboxylic acids is 1. The smallest absolute Gasteiger partial charge is 0.262 e. The van der Waals surface area contributed by atoms with Crippen molar-refractivity contribution in [3.05, 3.63) is 109 Å². The minimum atomic E-state index is -0.224. The second kappa shape index (κ2) is 10.8. The molecule has 4 aromatic rings. The highest BCUT2D eigenvalue weighted by Crippen LogP contribution is 2.42. The van der Waals surface area contributed by atoms with E-state index in [2.05, 4.69) is 57.4 Å². The van der Waals surface area contributed by atoms with E-state index < -0.39 is 0 Å². The predicted octanol–water partition coefficient (Wildman–Crippen LogP) is 5.66. The maximum atomic E-state index is 12.4. The molecule has 0 aliphatic carbocycles. The van der Waals surface area contributed by atoms with Crippen LogP contribution in [0.15, 0.2) is 97.5 Å². The molecule has 1 amide bonds. The van der Waals surface area contributed by atoms with E-state index in [9.17, 15) is 4.79 Å². The van der Waals surface area contributed by atoms with Gasteiger partial charge in [-0.05, 0) is 86.2 Å². The molecule has 188 valence electrons. The van der Waals surface area contributed by atoms with Crippen LogP contribution in [0.3, 0.4) is 0 Å². The third-order valence-corrected chi connectivity index (χ3v) is 6.63. The maximum Gasteiger partial charge on any atom is 0.262 e. The van der Waals surface area contributed by atoms with Crippen LogP contribution in [0, 0.1) is 0 Å². The predicted molar refractivity (Wildman–Crippen MR) is 150 cm³/mol. The third-order valence-electron chi connectivity index (χ3n) is 6.32. The molecule has 8 heteroatoms. The number of amides is 1. The van der Waals surface area contributed by atoms with Crippen molar-refractivity contribution >= 4 is 34.6 Å². The fourth-order valence-electron chi connectivity index (χ4n) is 4.47. The summed E-state index contributed by atoms with van der Waals surface area (Å²) in [6.07, 6.45) is 6.08. The number of ether oxygens (including phenoxy) is 1. The molecule has 1 saturated heterocycles. The molecule has 0 spiro atoms. The van der Waals surface area contributed by atoms with E-state index in [4.69, 9.17) is 17.0 Å². The lowest BCUT2D eigenvalue weighted by molar-refractivity contribution is -0.118. The van der Waals surface area contributed by atoms with E-state index in [1.807, 2.05) is 72.8 Å². The van der Waals surface area contributed by atoms with Gasteiger partial charge in [-0.15, -0.1) is 0 Å². The van der Waals surface area contributed by atoms with Gasteiger partial charge >= 0.3 is 0 Å². The molecule has 37 heavy (non-hydrogen) atoms. The molecular formula is C29H29N5O2S. The second-order valence-corrected chi connectivity index (χ2v) is 9.57. The zero-order valence-electron chi connectivity index (χ0n) is 20.7. The molecule has 5 rings (SSSR count). The molecular weight excluding hydrogens is 482 g/mol. The monoisotopic (exact) mass is 511 g/mol. The summed E-state index contributed by atoms with van der Waals surface area (Å²) in [5, 5.41) is 7.01. The average Bonchev–Trinajstić information content (AvgIpc) is 3.54. The molecule has 1 fully saturated rings. The summed E-state index contributed by atoms with van der Waals surface area (Å²) in [6.45, 7) is 4.26.